The third kappa shape index (κ3) is 4.81. The number of ether oxygens (including phenoxy) is 2. The fourth-order valence-corrected chi connectivity index (χ4v) is 3.35. The molecule has 0 amide bonds. The number of benzene rings is 2. The van der Waals surface area contributed by atoms with Crippen LogP contribution >= 0.6 is 40.1 Å². The number of hydrogen-bond donors (Lipinski definition) is 0. The van der Waals surface area contributed by atoms with Crippen LogP contribution in [-0.4, -0.2) is 28.1 Å². The van der Waals surface area contributed by atoms with E-state index in [1.807, 2.05) is 19.2 Å². The van der Waals surface area contributed by atoms with Crippen molar-refractivity contribution < 1.29 is 18.8 Å². The second-order valence-corrected chi connectivity index (χ2v) is 7.83. The Bertz CT molecular complexity index is 981. The topological polar surface area (TPSA) is 75.5 Å². The zero-order valence-electron chi connectivity index (χ0n) is 15.0. The van der Waals surface area contributed by atoms with Gasteiger partial charge in [-0.1, -0.05) is 16.8 Å². The van der Waals surface area contributed by atoms with Crippen LogP contribution in [0.5, 0.6) is 11.5 Å². The van der Waals surface area contributed by atoms with Crippen molar-refractivity contribution >= 4 is 46.1 Å². The standard InChI is InChI=1S/C18H16ClIN3O4P/c1-23-15(10-26-28-20)17(21-22-23)11-3-6-13(7-4-11)27-16-9-12(19)5-8-14(16)18(24)25-2/h3-9,28H,10H2,1-2H3. The van der Waals surface area contributed by atoms with Crippen LogP contribution in [0, 0.1) is 0 Å². The lowest BCUT2D eigenvalue weighted by Gasteiger charge is -2.11. The Labute approximate surface area is 181 Å². The number of aryl methyl sites for hydroxylation is 1. The van der Waals surface area contributed by atoms with Crippen LogP contribution in [0.3, 0.4) is 0 Å². The number of carbonyl (C=O) groups is 1. The summed E-state index contributed by atoms with van der Waals surface area (Å²) in [4.78, 5) is 11.9. The molecule has 0 saturated carbocycles. The number of rotatable bonds is 7. The van der Waals surface area contributed by atoms with Crippen LogP contribution in [0.25, 0.3) is 11.3 Å². The maximum atomic E-state index is 11.9. The van der Waals surface area contributed by atoms with E-state index in [0.29, 0.717) is 35.1 Å². The van der Waals surface area contributed by atoms with E-state index < -0.39 is 5.97 Å². The van der Waals surface area contributed by atoms with Gasteiger partial charge in [0.1, 0.15) is 22.8 Å². The first kappa shape index (κ1) is 21.0. The van der Waals surface area contributed by atoms with Crippen LogP contribution in [-0.2, 0) is 22.9 Å². The average molecular weight is 532 g/mol. The molecule has 7 nitrogen and oxygen atoms in total. The van der Waals surface area contributed by atoms with Gasteiger partial charge in [-0.2, -0.15) is 0 Å². The van der Waals surface area contributed by atoms with Crippen molar-refractivity contribution in [1.82, 2.24) is 15.0 Å². The van der Waals surface area contributed by atoms with Crippen molar-refractivity contribution in [3.05, 3.63) is 58.7 Å². The summed E-state index contributed by atoms with van der Waals surface area (Å²) in [6.45, 7) is 0.790. The van der Waals surface area contributed by atoms with E-state index in [0.717, 1.165) is 17.0 Å². The molecule has 0 aliphatic rings. The number of methoxy groups -OCH3 is 1. The van der Waals surface area contributed by atoms with Crippen molar-refractivity contribution in [3.63, 3.8) is 0 Å². The molecule has 1 unspecified atom stereocenters. The number of halogens is 2. The van der Waals surface area contributed by atoms with Crippen LogP contribution in [0.15, 0.2) is 42.5 Å². The summed E-state index contributed by atoms with van der Waals surface area (Å²) in [7, 11) is 3.15. The minimum absolute atomic E-state index is 0.295. The summed E-state index contributed by atoms with van der Waals surface area (Å²) < 4.78 is 17.9. The highest BCUT2D eigenvalue weighted by molar-refractivity contribution is 14.2. The molecule has 0 radical (unpaired) electrons. The minimum Gasteiger partial charge on any atom is -0.465 e. The fourth-order valence-electron chi connectivity index (χ4n) is 2.53. The van der Waals surface area contributed by atoms with Gasteiger partial charge in [-0.15, -0.1) is 5.10 Å². The Morgan fingerprint density at radius 3 is 2.68 bits per heavy atom. The molecular weight excluding hydrogens is 516 g/mol. The minimum atomic E-state index is -0.497. The quantitative estimate of drug-likeness (QED) is 0.238. The van der Waals surface area contributed by atoms with Gasteiger partial charge < -0.3 is 14.0 Å². The predicted octanol–water partition coefficient (Wildman–Crippen LogP) is 5.17. The lowest BCUT2D eigenvalue weighted by atomic mass is 10.1. The second-order valence-electron chi connectivity index (χ2n) is 5.63. The van der Waals surface area contributed by atoms with Crippen molar-refractivity contribution in [3.8, 4) is 22.8 Å². The van der Waals surface area contributed by atoms with Gasteiger partial charge in [-0.25, -0.2) is 9.48 Å². The molecule has 1 aromatic heterocycles. The molecule has 146 valence electrons. The monoisotopic (exact) mass is 531 g/mol. The highest BCUT2D eigenvalue weighted by Gasteiger charge is 2.16. The van der Waals surface area contributed by atoms with Gasteiger partial charge in [-0.05, 0) is 58.4 Å². The highest BCUT2D eigenvalue weighted by Crippen LogP contribution is 2.32. The molecule has 0 fully saturated rings. The Morgan fingerprint density at radius 1 is 1.25 bits per heavy atom. The molecule has 0 N–H and O–H groups in total. The summed E-state index contributed by atoms with van der Waals surface area (Å²) in [5, 5.41) is 8.76. The van der Waals surface area contributed by atoms with E-state index in [1.54, 1.807) is 35.0 Å². The summed E-state index contributed by atoms with van der Waals surface area (Å²) in [6.07, 6.45) is 0. The van der Waals surface area contributed by atoms with Crippen LogP contribution in [0.1, 0.15) is 16.1 Å². The molecule has 1 heterocycles. The zero-order valence-corrected chi connectivity index (χ0v) is 18.9. The number of aromatic nitrogens is 3. The van der Waals surface area contributed by atoms with Crippen LogP contribution in [0.2, 0.25) is 5.02 Å². The Morgan fingerprint density at radius 2 is 2.00 bits per heavy atom. The SMILES string of the molecule is COC(=O)c1ccc(Cl)cc1Oc1ccc(-c2nnn(C)c2COPI)cc1. The molecule has 28 heavy (non-hydrogen) atoms. The maximum Gasteiger partial charge on any atom is 0.341 e. The van der Waals surface area contributed by atoms with Crippen LogP contribution in [0.4, 0.5) is 0 Å². The van der Waals surface area contributed by atoms with E-state index in [4.69, 9.17) is 25.6 Å². The van der Waals surface area contributed by atoms with E-state index in [2.05, 4.69) is 32.4 Å². The molecule has 0 aliphatic carbocycles. The third-order valence-electron chi connectivity index (χ3n) is 3.91. The Kier molecular flexibility index (Phi) is 7.23. The van der Waals surface area contributed by atoms with E-state index in [1.165, 1.54) is 7.11 Å². The van der Waals surface area contributed by atoms with Gasteiger partial charge in [0.05, 0.1) is 25.9 Å². The molecule has 0 saturated heterocycles. The van der Waals surface area contributed by atoms with Gasteiger partial charge in [0.25, 0.3) is 0 Å². The normalized spacial score (nSPS) is 11.1. The summed E-state index contributed by atoms with van der Waals surface area (Å²) in [6, 6.07) is 12.1. The number of esters is 1. The average Bonchev–Trinajstić information content (AvgIpc) is 3.07. The second kappa shape index (κ2) is 9.65. The molecule has 0 bridgehead atoms. The largest absolute Gasteiger partial charge is 0.465 e. The molecule has 0 spiro atoms. The van der Waals surface area contributed by atoms with Crippen LogP contribution < -0.4 is 4.74 Å². The van der Waals surface area contributed by atoms with Gasteiger partial charge >= 0.3 is 5.97 Å². The number of hydrogen-bond acceptors (Lipinski definition) is 6. The Balaban J connectivity index is 1.85. The van der Waals surface area contributed by atoms with Gasteiger partial charge in [-0.3, -0.25) is 0 Å². The number of carbonyl (C=O) groups excluding carboxylic acids is 1. The van der Waals surface area contributed by atoms with Gasteiger partial charge in [0, 0.05) is 23.7 Å². The summed E-state index contributed by atoms with van der Waals surface area (Å²) >= 11 is 8.21. The first-order valence-electron chi connectivity index (χ1n) is 8.05. The molecule has 10 heteroatoms. The summed E-state index contributed by atoms with van der Waals surface area (Å²) in [5.41, 5.74) is 2.82. The molecule has 3 rings (SSSR count). The van der Waals surface area contributed by atoms with Crippen molar-refractivity contribution in [1.29, 1.82) is 0 Å². The smallest absolute Gasteiger partial charge is 0.341 e. The zero-order chi connectivity index (χ0) is 20.1. The fraction of sp³-hybridized carbons (Fsp3) is 0.167. The van der Waals surface area contributed by atoms with Crippen molar-refractivity contribution in [2.24, 2.45) is 7.05 Å². The first-order valence-corrected chi connectivity index (χ1v) is 12.5. The molecule has 1 atom stereocenters. The summed E-state index contributed by atoms with van der Waals surface area (Å²) in [5.74, 6) is 0.374. The molecule has 3 aromatic rings. The lowest BCUT2D eigenvalue weighted by Crippen LogP contribution is -2.03. The van der Waals surface area contributed by atoms with E-state index >= 15 is 0 Å². The number of nitrogens with zero attached hydrogens (tertiary/aromatic N) is 3. The van der Waals surface area contributed by atoms with E-state index in [9.17, 15) is 4.79 Å². The first-order chi connectivity index (χ1) is 13.5. The molecule has 0 aliphatic heterocycles. The highest BCUT2D eigenvalue weighted by atomic mass is 127. The van der Waals surface area contributed by atoms with Gasteiger partial charge in [0.2, 0.25) is 0 Å². The van der Waals surface area contributed by atoms with Crippen molar-refractivity contribution in [2.45, 2.75) is 6.61 Å². The predicted molar refractivity (Wildman–Crippen MR) is 116 cm³/mol. The van der Waals surface area contributed by atoms with E-state index in [-0.39, 0.29) is 0 Å². The molecule has 2 aromatic carbocycles. The lowest BCUT2D eigenvalue weighted by molar-refractivity contribution is 0.0598. The third-order valence-corrected chi connectivity index (χ3v) is 5.33. The maximum absolute atomic E-state index is 11.9. The van der Waals surface area contributed by atoms with Gasteiger partial charge in [0.15, 0.2) is 0 Å². The molecular formula is C18H16ClIN3O4P. The Hall–Kier alpha value is -1.74. The van der Waals surface area contributed by atoms with Crippen molar-refractivity contribution in [2.75, 3.05) is 7.11 Å².